The van der Waals surface area contributed by atoms with E-state index >= 15 is 0 Å². The van der Waals surface area contributed by atoms with Crippen LogP contribution in [0.1, 0.15) is 46.5 Å². The predicted octanol–water partition coefficient (Wildman–Crippen LogP) is 4.58. The zero-order chi connectivity index (χ0) is 26.2. The normalized spacial score (nSPS) is 15.3. The molecule has 3 aromatic rings. The maximum absolute atomic E-state index is 14.5. The molecule has 1 amide bonds. The molecule has 190 valence electrons. The van der Waals surface area contributed by atoms with E-state index in [0.717, 1.165) is 10.6 Å². The van der Waals surface area contributed by atoms with Crippen molar-refractivity contribution in [1.82, 2.24) is 4.57 Å². The van der Waals surface area contributed by atoms with Crippen molar-refractivity contribution in [3.63, 3.8) is 0 Å². The zero-order valence-electron chi connectivity index (χ0n) is 19.7. The summed E-state index contributed by atoms with van der Waals surface area (Å²) in [6.45, 7) is 1.62. The first-order valence-electron chi connectivity index (χ1n) is 11.3. The van der Waals surface area contributed by atoms with Gasteiger partial charge in [0.2, 0.25) is 0 Å². The molecule has 0 saturated carbocycles. The molecule has 0 spiro atoms. The number of carbonyl (C=O) groups is 1. The van der Waals surface area contributed by atoms with Crippen LogP contribution < -0.4 is 21.3 Å². The third kappa shape index (κ3) is 4.99. The van der Waals surface area contributed by atoms with Crippen LogP contribution in [0.3, 0.4) is 0 Å². The Hall–Kier alpha value is -2.93. The van der Waals surface area contributed by atoms with E-state index in [1.54, 1.807) is 31.2 Å². The number of benzene rings is 2. The van der Waals surface area contributed by atoms with E-state index < -0.39 is 32.4 Å². The zero-order valence-corrected chi connectivity index (χ0v) is 22.7. The maximum Gasteiger partial charge on any atom is 0.256 e. The second kappa shape index (κ2) is 10.2. The molecule has 4 rings (SSSR count). The average Bonchev–Trinajstić information content (AvgIpc) is 2.83. The van der Waals surface area contributed by atoms with Gasteiger partial charge in [0, 0.05) is 22.4 Å². The molecule has 3 N–H and O–H groups in total. The highest BCUT2D eigenvalue weighted by atomic mass is 127. The van der Waals surface area contributed by atoms with Gasteiger partial charge in [-0.2, -0.15) is 0 Å². The molecule has 0 bridgehead atoms. The molecule has 11 heteroatoms. The van der Waals surface area contributed by atoms with Gasteiger partial charge in [0.05, 0.1) is 10.9 Å². The van der Waals surface area contributed by atoms with Gasteiger partial charge in [-0.15, -0.1) is 0 Å². The number of anilines is 2. The van der Waals surface area contributed by atoms with Crippen LogP contribution in [0.5, 0.6) is 11.5 Å². The summed E-state index contributed by atoms with van der Waals surface area (Å²) >= 11 is 1.97. The Morgan fingerprint density at radius 2 is 2.00 bits per heavy atom. The Morgan fingerprint density at radius 1 is 1.25 bits per heavy atom. The summed E-state index contributed by atoms with van der Waals surface area (Å²) in [4.78, 5) is 25.3. The van der Waals surface area contributed by atoms with E-state index in [4.69, 9.17) is 10.5 Å². The second-order valence-corrected chi connectivity index (χ2v) is 12.2. The monoisotopic (exact) mass is 625 g/mol. The number of sulfone groups is 1. The lowest BCUT2D eigenvalue weighted by Gasteiger charge is -2.27. The topological polar surface area (TPSA) is 120 Å². The van der Waals surface area contributed by atoms with E-state index in [2.05, 4.69) is 5.32 Å². The van der Waals surface area contributed by atoms with Crippen molar-refractivity contribution in [2.75, 3.05) is 11.1 Å². The summed E-state index contributed by atoms with van der Waals surface area (Å²) in [6.07, 6.45) is 1.74. The summed E-state index contributed by atoms with van der Waals surface area (Å²) in [7, 11) is -1.91. The van der Waals surface area contributed by atoms with Gasteiger partial charge in [0.15, 0.2) is 9.84 Å². The first kappa shape index (κ1) is 26.1. The number of pyridine rings is 1. The quantitative estimate of drug-likeness (QED) is 0.371. The number of carbonyl (C=O) groups excluding carboxylic acids is 1. The van der Waals surface area contributed by atoms with Crippen LogP contribution in [0.15, 0.2) is 47.3 Å². The highest BCUT2D eigenvalue weighted by Crippen LogP contribution is 2.42. The highest BCUT2D eigenvalue weighted by Gasteiger charge is 2.32. The van der Waals surface area contributed by atoms with Gasteiger partial charge in [0.1, 0.15) is 28.7 Å². The van der Waals surface area contributed by atoms with Gasteiger partial charge in [-0.1, -0.05) is 19.1 Å². The largest absolute Gasteiger partial charge is 0.456 e. The van der Waals surface area contributed by atoms with Gasteiger partial charge in [-0.25, -0.2) is 12.8 Å². The number of ether oxygens (including phenoxy) is 1. The van der Waals surface area contributed by atoms with Crippen molar-refractivity contribution in [2.24, 2.45) is 12.8 Å². The summed E-state index contributed by atoms with van der Waals surface area (Å²) in [5, 5.41) is 2.16. The first-order chi connectivity index (χ1) is 17.0. The number of halogens is 2. The minimum atomic E-state index is -3.34. The van der Waals surface area contributed by atoms with Gasteiger partial charge >= 0.3 is 0 Å². The van der Waals surface area contributed by atoms with Crippen LogP contribution in [0.25, 0.3) is 0 Å². The minimum Gasteiger partial charge on any atom is -0.456 e. The third-order valence-corrected chi connectivity index (χ3v) is 9.13. The van der Waals surface area contributed by atoms with Gasteiger partial charge in [-0.3, -0.25) is 14.2 Å². The van der Waals surface area contributed by atoms with Crippen LogP contribution >= 0.6 is 22.6 Å². The van der Waals surface area contributed by atoms with Crippen LogP contribution in [-0.2, 0) is 23.3 Å². The molecule has 0 saturated heterocycles. The number of nitrogens with two attached hydrogens (primary N) is 1. The molecule has 2 aromatic carbocycles. The molecule has 1 heterocycles. The summed E-state index contributed by atoms with van der Waals surface area (Å²) in [5.74, 6) is -1.23. The lowest BCUT2D eigenvalue weighted by Crippen LogP contribution is -2.25. The summed E-state index contributed by atoms with van der Waals surface area (Å²) < 4.78 is 47.8. The number of rotatable bonds is 7. The van der Waals surface area contributed by atoms with Crippen LogP contribution in [0.4, 0.5) is 15.9 Å². The average molecular weight is 625 g/mol. The number of fused-ring (bicyclic) bond motifs is 1. The highest BCUT2D eigenvalue weighted by molar-refractivity contribution is 14.1. The van der Waals surface area contributed by atoms with E-state index in [1.807, 2.05) is 22.6 Å². The van der Waals surface area contributed by atoms with Gasteiger partial charge in [-0.05, 0) is 77.2 Å². The molecule has 36 heavy (non-hydrogen) atoms. The van der Waals surface area contributed by atoms with E-state index in [0.29, 0.717) is 39.7 Å². The predicted molar refractivity (Wildman–Crippen MR) is 144 cm³/mol. The number of aromatic nitrogens is 1. The molecule has 1 aliphatic rings. The number of nitrogens with zero attached hydrogens (tertiary/aromatic N) is 1. The number of primary amides is 1. The fourth-order valence-electron chi connectivity index (χ4n) is 4.42. The Bertz CT molecular complexity index is 1520. The fraction of sp³-hybridized carbons (Fsp3) is 0.280. The SMILES string of the molecule is CCS(=O)(=O)C1CCCc2c(Oc3cc(=O)n(C)c(Nc4ccc(I)cc4F)c3C(N)=O)cccc21. The van der Waals surface area contributed by atoms with Crippen molar-refractivity contribution in [2.45, 2.75) is 31.4 Å². The number of amides is 1. The standard InChI is InChI=1S/C25H25FIN3O5S/c1-3-36(33,34)21-9-5-6-15-16(21)7-4-8-19(15)35-20-13-22(31)30(2)25(23(20)24(28)32)29-18-11-10-14(27)12-17(18)26/h4,7-8,10-13,21,29H,3,5-6,9H2,1-2H3,(H2,28,32). The number of nitrogens with one attached hydrogen (secondary N) is 1. The summed E-state index contributed by atoms with van der Waals surface area (Å²) in [6, 6.07) is 10.7. The van der Waals surface area contributed by atoms with Crippen molar-refractivity contribution >= 4 is 49.8 Å². The van der Waals surface area contributed by atoms with Crippen molar-refractivity contribution in [1.29, 1.82) is 0 Å². The van der Waals surface area contributed by atoms with Gasteiger partial charge < -0.3 is 15.8 Å². The molecule has 8 nitrogen and oxygen atoms in total. The molecular formula is C25H25FIN3O5S. The van der Waals surface area contributed by atoms with Crippen molar-refractivity contribution < 1.29 is 22.3 Å². The second-order valence-electron chi connectivity index (χ2n) is 8.50. The molecule has 0 radical (unpaired) electrons. The van der Waals surface area contributed by atoms with Crippen molar-refractivity contribution in [3.05, 3.63) is 78.9 Å². The minimum absolute atomic E-state index is 0.0207. The third-order valence-electron chi connectivity index (χ3n) is 6.30. The van der Waals surface area contributed by atoms with E-state index in [-0.39, 0.29) is 28.6 Å². The molecule has 1 aliphatic carbocycles. The maximum atomic E-state index is 14.5. The van der Waals surface area contributed by atoms with Crippen LogP contribution in [0.2, 0.25) is 0 Å². The number of hydrogen-bond acceptors (Lipinski definition) is 6. The van der Waals surface area contributed by atoms with Crippen LogP contribution in [-0.4, -0.2) is 24.6 Å². The molecule has 0 fully saturated rings. The molecule has 1 aromatic heterocycles. The molecular weight excluding hydrogens is 600 g/mol. The van der Waals surface area contributed by atoms with E-state index in [9.17, 15) is 22.4 Å². The van der Waals surface area contributed by atoms with Crippen LogP contribution in [0, 0.1) is 9.39 Å². The lowest BCUT2D eigenvalue weighted by molar-refractivity contribution is 0.0998. The first-order valence-corrected chi connectivity index (χ1v) is 14.1. The smallest absolute Gasteiger partial charge is 0.256 e. The molecule has 1 atom stereocenters. The Balaban J connectivity index is 1.83. The Labute approximate surface area is 221 Å². The molecule has 1 unspecified atom stereocenters. The lowest BCUT2D eigenvalue weighted by atomic mass is 9.90. The van der Waals surface area contributed by atoms with Gasteiger partial charge in [0.25, 0.3) is 11.5 Å². The molecule has 0 aliphatic heterocycles. The fourth-order valence-corrected chi connectivity index (χ4v) is 6.41. The van der Waals surface area contributed by atoms with E-state index in [1.165, 1.54) is 19.2 Å². The Kier molecular flexibility index (Phi) is 7.41. The summed E-state index contributed by atoms with van der Waals surface area (Å²) in [5.41, 5.74) is 6.45. The number of hydrogen-bond donors (Lipinski definition) is 2. The Morgan fingerprint density at radius 3 is 2.67 bits per heavy atom. The van der Waals surface area contributed by atoms with Crippen molar-refractivity contribution in [3.8, 4) is 11.5 Å².